The molecule has 0 aromatic carbocycles. The van der Waals surface area contributed by atoms with Gasteiger partial charge in [0.25, 0.3) is 0 Å². The van der Waals surface area contributed by atoms with Gasteiger partial charge in [-0.2, -0.15) is 0 Å². The lowest BCUT2D eigenvalue weighted by Crippen LogP contribution is -2.04. The van der Waals surface area contributed by atoms with Gasteiger partial charge in [-0.3, -0.25) is 9.59 Å². The number of aldehydes is 1. The van der Waals surface area contributed by atoms with Gasteiger partial charge in [-0.05, 0) is 32.8 Å². The number of hydrogen-bond acceptors (Lipinski definition) is 2. The minimum atomic E-state index is -0.412. The van der Waals surface area contributed by atoms with E-state index in [4.69, 9.17) is 0 Å². The first kappa shape index (κ1) is 9.19. The summed E-state index contributed by atoms with van der Waals surface area (Å²) in [6.07, 6.45) is 2.76. The van der Waals surface area contributed by atoms with Crippen molar-refractivity contribution < 1.29 is 9.59 Å². The predicted octanol–water partition coefficient (Wildman–Crippen LogP) is 1.82. The number of Topliss-reactive ketones (excluding diaryl/α,β-unsaturated/α-hetero) is 1. The molecule has 1 aliphatic carbocycles. The van der Waals surface area contributed by atoms with Crippen LogP contribution in [0.15, 0.2) is 6.07 Å². The van der Waals surface area contributed by atoms with Crippen molar-refractivity contribution in [1.29, 1.82) is 0 Å². The highest BCUT2D eigenvalue weighted by atomic mass is 16.2. The van der Waals surface area contributed by atoms with Gasteiger partial charge in [0, 0.05) is 23.0 Å². The molecule has 0 unspecified atom stereocenters. The van der Waals surface area contributed by atoms with Crippen molar-refractivity contribution >= 4 is 12.1 Å². The fraction of sp³-hybridized carbons (Fsp3) is 0.455. The van der Waals surface area contributed by atoms with Crippen LogP contribution in [-0.4, -0.2) is 16.6 Å². The molecule has 0 atom stereocenters. The number of hydrogen-bond donors (Lipinski definition) is 0. The van der Waals surface area contributed by atoms with Crippen molar-refractivity contribution in [2.24, 2.45) is 0 Å². The Labute approximate surface area is 82.7 Å². The minimum Gasteiger partial charge on any atom is -0.345 e. The predicted molar refractivity (Wildman–Crippen MR) is 52.6 cm³/mol. The fourth-order valence-corrected chi connectivity index (χ4v) is 1.98. The second kappa shape index (κ2) is 3.08. The average Bonchev–Trinajstić information content (AvgIpc) is 2.93. The van der Waals surface area contributed by atoms with Crippen molar-refractivity contribution in [2.75, 3.05) is 0 Å². The lowest BCUT2D eigenvalue weighted by Gasteiger charge is -2.06. The van der Waals surface area contributed by atoms with Crippen molar-refractivity contribution in [3.05, 3.63) is 23.0 Å². The van der Waals surface area contributed by atoms with E-state index in [9.17, 15) is 9.59 Å². The summed E-state index contributed by atoms with van der Waals surface area (Å²) >= 11 is 0. The summed E-state index contributed by atoms with van der Waals surface area (Å²) in [5, 5.41) is 0. The summed E-state index contributed by atoms with van der Waals surface area (Å²) in [4.78, 5) is 21.7. The second-order valence-electron chi connectivity index (χ2n) is 3.87. The number of rotatable bonds is 3. The van der Waals surface area contributed by atoms with E-state index in [-0.39, 0.29) is 0 Å². The smallest absolute Gasteiger partial charge is 0.227 e. The molecule has 3 nitrogen and oxygen atoms in total. The van der Waals surface area contributed by atoms with Crippen LogP contribution < -0.4 is 0 Å². The number of aryl methyl sites for hydroxylation is 1. The lowest BCUT2D eigenvalue weighted by atomic mass is 10.2. The van der Waals surface area contributed by atoms with Crippen molar-refractivity contribution in [3.8, 4) is 0 Å². The van der Waals surface area contributed by atoms with Crippen LogP contribution in [0.5, 0.6) is 0 Å². The molecule has 3 heteroatoms. The quantitative estimate of drug-likeness (QED) is 0.415. The molecule has 0 bridgehead atoms. The summed E-state index contributed by atoms with van der Waals surface area (Å²) in [5.74, 6) is -0.412. The summed E-state index contributed by atoms with van der Waals surface area (Å²) in [6, 6.07) is 2.37. The molecular formula is C11H13NO2. The summed E-state index contributed by atoms with van der Waals surface area (Å²) in [7, 11) is 0. The molecule has 1 aromatic heterocycles. The van der Waals surface area contributed by atoms with Crippen LogP contribution in [0, 0.1) is 13.8 Å². The van der Waals surface area contributed by atoms with Gasteiger partial charge in [0.15, 0.2) is 6.29 Å². The topological polar surface area (TPSA) is 39.1 Å². The van der Waals surface area contributed by atoms with Crippen LogP contribution in [0.1, 0.15) is 40.6 Å². The van der Waals surface area contributed by atoms with E-state index in [1.54, 1.807) is 0 Å². The van der Waals surface area contributed by atoms with Gasteiger partial charge >= 0.3 is 0 Å². The molecule has 1 fully saturated rings. The zero-order valence-electron chi connectivity index (χ0n) is 8.41. The molecule has 0 radical (unpaired) electrons. The molecule has 0 spiro atoms. The summed E-state index contributed by atoms with van der Waals surface area (Å²) in [6.45, 7) is 3.88. The highest BCUT2D eigenvalue weighted by molar-refractivity contribution is 6.33. The normalized spacial score (nSPS) is 15.6. The van der Waals surface area contributed by atoms with Crippen molar-refractivity contribution in [1.82, 2.24) is 4.57 Å². The molecular weight excluding hydrogens is 178 g/mol. The minimum absolute atomic E-state index is 0.388. The van der Waals surface area contributed by atoms with Crippen LogP contribution in [0.25, 0.3) is 0 Å². The Hall–Kier alpha value is -1.38. The van der Waals surface area contributed by atoms with E-state index in [1.165, 1.54) is 12.8 Å². The van der Waals surface area contributed by atoms with E-state index in [1.807, 2.05) is 19.9 Å². The van der Waals surface area contributed by atoms with Crippen molar-refractivity contribution in [3.63, 3.8) is 0 Å². The van der Waals surface area contributed by atoms with Crippen LogP contribution in [0.2, 0.25) is 0 Å². The summed E-state index contributed by atoms with van der Waals surface area (Å²) in [5.41, 5.74) is 2.57. The van der Waals surface area contributed by atoms with Gasteiger partial charge in [-0.25, -0.2) is 0 Å². The Kier molecular flexibility index (Phi) is 2.02. The average molecular weight is 191 g/mol. The van der Waals surface area contributed by atoms with E-state index in [2.05, 4.69) is 4.57 Å². The number of carbonyl (C=O) groups excluding carboxylic acids is 2. The zero-order chi connectivity index (χ0) is 10.3. The highest BCUT2D eigenvalue weighted by Gasteiger charge is 2.28. The van der Waals surface area contributed by atoms with E-state index < -0.39 is 5.78 Å². The molecule has 0 amide bonds. The third-order valence-electron chi connectivity index (χ3n) is 2.77. The van der Waals surface area contributed by atoms with Crippen LogP contribution in [0.4, 0.5) is 0 Å². The fourth-order valence-electron chi connectivity index (χ4n) is 1.98. The van der Waals surface area contributed by atoms with Gasteiger partial charge in [-0.1, -0.05) is 0 Å². The third-order valence-corrected chi connectivity index (χ3v) is 2.77. The Balaban J connectivity index is 2.47. The standard InChI is InChI=1S/C11H13NO2/c1-7-5-10(11(14)6-13)8(2)12(7)9-3-4-9/h5-6,9H,3-4H2,1-2H3. The van der Waals surface area contributed by atoms with Gasteiger partial charge in [0.1, 0.15) is 0 Å². The molecule has 0 saturated heterocycles. The maximum absolute atomic E-state index is 11.3. The Morgan fingerprint density at radius 3 is 2.64 bits per heavy atom. The maximum atomic E-state index is 11.3. The van der Waals surface area contributed by atoms with E-state index in [0.717, 1.165) is 11.4 Å². The monoisotopic (exact) mass is 191 g/mol. The number of carbonyl (C=O) groups is 2. The van der Waals surface area contributed by atoms with E-state index >= 15 is 0 Å². The lowest BCUT2D eigenvalue weighted by molar-refractivity contribution is -0.104. The zero-order valence-corrected chi connectivity index (χ0v) is 8.41. The molecule has 0 aliphatic heterocycles. The van der Waals surface area contributed by atoms with Gasteiger partial charge < -0.3 is 4.57 Å². The molecule has 1 heterocycles. The number of aromatic nitrogens is 1. The van der Waals surface area contributed by atoms with Crippen LogP contribution in [-0.2, 0) is 4.79 Å². The molecule has 1 saturated carbocycles. The number of nitrogens with zero attached hydrogens (tertiary/aromatic N) is 1. The number of ketones is 1. The van der Waals surface area contributed by atoms with E-state index in [0.29, 0.717) is 17.9 Å². The first-order chi connectivity index (χ1) is 6.65. The molecule has 14 heavy (non-hydrogen) atoms. The van der Waals surface area contributed by atoms with Gasteiger partial charge in [0.2, 0.25) is 5.78 Å². The first-order valence-electron chi connectivity index (χ1n) is 4.83. The maximum Gasteiger partial charge on any atom is 0.227 e. The Bertz CT molecular complexity index is 400. The SMILES string of the molecule is Cc1cc(C(=O)C=O)c(C)n1C1CC1. The van der Waals surface area contributed by atoms with Crippen LogP contribution >= 0.6 is 0 Å². The first-order valence-corrected chi connectivity index (χ1v) is 4.83. The largest absolute Gasteiger partial charge is 0.345 e. The molecule has 74 valence electrons. The van der Waals surface area contributed by atoms with Crippen LogP contribution in [0.3, 0.4) is 0 Å². The summed E-state index contributed by atoms with van der Waals surface area (Å²) < 4.78 is 2.16. The third kappa shape index (κ3) is 1.29. The Morgan fingerprint density at radius 2 is 2.14 bits per heavy atom. The van der Waals surface area contributed by atoms with Gasteiger partial charge in [0.05, 0.1) is 0 Å². The molecule has 0 N–H and O–H groups in total. The Morgan fingerprint density at radius 1 is 1.50 bits per heavy atom. The van der Waals surface area contributed by atoms with Gasteiger partial charge in [-0.15, -0.1) is 0 Å². The molecule has 1 aliphatic rings. The van der Waals surface area contributed by atoms with Crippen molar-refractivity contribution in [2.45, 2.75) is 32.7 Å². The highest BCUT2D eigenvalue weighted by Crippen LogP contribution is 2.38. The molecule has 2 rings (SSSR count). The molecule has 1 aromatic rings. The second-order valence-corrected chi connectivity index (χ2v) is 3.87.